The van der Waals surface area contributed by atoms with Gasteiger partial charge in [0.1, 0.15) is 17.3 Å². The third-order valence-corrected chi connectivity index (χ3v) is 4.73. The van der Waals surface area contributed by atoms with Gasteiger partial charge in [-0.1, -0.05) is 31.0 Å². The van der Waals surface area contributed by atoms with Gasteiger partial charge < -0.3 is 5.32 Å². The van der Waals surface area contributed by atoms with Crippen LogP contribution in [0.5, 0.6) is 0 Å². The average molecular weight is 322 g/mol. The first kappa shape index (κ1) is 14.3. The second-order valence-corrected chi connectivity index (χ2v) is 6.19. The Kier molecular flexibility index (Phi) is 4.07. The standard InChI is InChI=1S/C14H16ClN5S/c1-3-5-10(11-6-4-7-21-11)18-13-9(2)12(15)19-14-16-8-17-20(13)14/h4,6-8,10,18H,3,5H2,1-2H3. The van der Waals surface area contributed by atoms with Gasteiger partial charge in [0.05, 0.1) is 6.04 Å². The van der Waals surface area contributed by atoms with Crippen LogP contribution in [0.3, 0.4) is 0 Å². The second kappa shape index (κ2) is 5.99. The molecule has 0 saturated carbocycles. The Morgan fingerprint density at radius 1 is 1.48 bits per heavy atom. The van der Waals surface area contributed by atoms with Gasteiger partial charge in [-0.15, -0.1) is 11.3 Å². The lowest BCUT2D eigenvalue weighted by atomic mass is 10.1. The van der Waals surface area contributed by atoms with Gasteiger partial charge in [-0.3, -0.25) is 0 Å². The van der Waals surface area contributed by atoms with Crippen LogP contribution in [-0.2, 0) is 0 Å². The van der Waals surface area contributed by atoms with Crippen LogP contribution in [-0.4, -0.2) is 19.6 Å². The fraction of sp³-hybridized carbons (Fsp3) is 0.357. The van der Waals surface area contributed by atoms with Gasteiger partial charge in [0, 0.05) is 10.4 Å². The van der Waals surface area contributed by atoms with Gasteiger partial charge in [0.15, 0.2) is 0 Å². The molecule has 0 radical (unpaired) electrons. The Morgan fingerprint density at radius 3 is 3.05 bits per heavy atom. The van der Waals surface area contributed by atoms with E-state index >= 15 is 0 Å². The zero-order chi connectivity index (χ0) is 14.8. The monoisotopic (exact) mass is 321 g/mol. The highest BCUT2D eigenvalue weighted by Gasteiger charge is 2.17. The molecule has 3 aromatic rings. The number of thiophene rings is 1. The Hall–Kier alpha value is -1.66. The number of halogens is 1. The van der Waals surface area contributed by atoms with E-state index < -0.39 is 0 Å². The summed E-state index contributed by atoms with van der Waals surface area (Å²) in [6, 6.07) is 4.45. The van der Waals surface area contributed by atoms with Crippen LogP contribution in [0.15, 0.2) is 23.8 Å². The number of nitrogens with zero attached hydrogens (tertiary/aromatic N) is 4. The quantitative estimate of drug-likeness (QED) is 0.719. The van der Waals surface area contributed by atoms with Gasteiger partial charge in [-0.25, -0.2) is 0 Å². The predicted molar refractivity (Wildman–Crippen MR) is 86.1 cm³/mol. The molecule has 21 heavy (non-hydrogen) atoms. The molecule has 0 aromatic carbocycles. The molecular weight excluding hydrogens is 306 g/mol. The van der Waals surface area contributed by atoms with Crippen molar-refractivity contribution in [1.29, 1.82) is 0 Å². The van der Waals surface area contributed by atoms with Crippen molar-refractivity contribution < 1.29 is 0 Å². The van der Waals surface area contributed by atoms with E-state index in [1.54, 1.807) is 15.9 Å². The molecule has 1 atom stereocenters. The van der Waals surface area contributed by atoms with E-state index in [1.807, 2.05) is 6.92 Å². The summed E-state index contributed by atoms with van der Waals surface area (Å²) in [5, 5.41) is 10.4. The topological polar surface area (TPSA) is 55.1 Å². The number of nitrogens with one attached hydrogen (secondary N) is 1. The summed E-state index contributed by atoms with van der Waals surface area (Å²) in [7, 11) is 0. The Bertz CT molecular complexity index is 737. The van der Waals surface area contributed by atoms with E-state index in [4.69, 9.17) is 11.6 Å². The fourth-order valence-corrected chi connectivity index (χ4v) is 3.27. The summed E-state index contributed by atoms with van der Waals surface area (Å²) in [6.07, 6.45) is 3.62. The van der Waals surface area contributed by atoms with Crippen LogP contribution in [0.2, 0.25) is 5.15 Å². The van der Waals surface area contributed by atoms with Gasteiger partial charge in [-0.05, 0) is 24.8 Å². The largest absolute Gasteiger partial charge is 0.362 e. The van der Waals surface area contributed by atoms with Crippen LogP contribution in [0.4, 0.5) is 5.82 Å². The first-order valence-electron chi connectivity index (χ1n) is 6.86. The lowest BCUT2D eigenvalue weighted by Gasteiger charge is -2.20. The van der Waals surface area contributed by atoms with Crippen LogP contribution < -0.4 is 5.32 Å². The summed E-state index contributed by atoms with van der Waals surface area (Å²) < 4.78 is 1.71. The Balaban J connectivity index is 2.03. The maximum absolute atomic E-state index is 6.21. The first-order valence-corrected chi connectivity index (χ1v) is 8.12. The Labute approximate surface area is 132 Å². The number of anilines is 1. The van der Waals surface area contributed by atoms with E-state index in [0.717, 1.165) is 24.2 Å². The maximum atomic E-state index is 6.21. The number of fused-ring (bicyclic) bond motifs is 1. The van der Waals surface area contributed by atoms with Crippen LogP contribution in [0, 0.1) is 6.92 Å². The first-order chi connectivity index (χ1) is 10.2. The minimum atomic E-state index is 0.236. The van der Waals surface area contributed by atoms with E-state index in [0.29, 0.717) is 10.9 Å². The summed E-state index contributed by atoms with van der Waals surface area (Å²) in [4.78, 5) is 9.65. The SMILES string of the molecule is CCCC(Nc1c(C)c(Cl)nc2ncnn12)c1cccs1. The number of rotatable bonds is 5. The highest BCUT2D eigenvalue weighted by molar-refractivity contribution is 7.10. The minimum Gasteiger partial charge on any atom is -0.362 e. The molecule has 1 N–H and O–H groups in total. The molecule has 0 bridgehead atoms. The summed E-state index contributed by atoms with van der Waals surface area (Å²) in [5.41, 5.74) is 0.882. The molecule has 0 saturated heterocycles. The van der Waals surface area contributed by atoms with Crippen LogP contribution in [0.25, 0.3) is 5.78 Å². The average Bonchev–Trinajstić information content (AvgIpc) is 3.13. The van der Waals surface area contributed by atoms with Gasteiger partial charge in [0.2, 0.25) is 0 Å². The molecule has 0 aliphatic rings. The zero-order valence-electron chi connectivity index (χ0n) is 11.9. The molecule has 7 heteroatoms. The Morgan fingerprint density at radius 2 is 2.33 bits per heavy atom. The molecular formula is C14H16ClN5S. The number of aromatic nitrogens is 4. The van der Waals surface area contributed by atoms with Crippen LogP contribution >= 0.6 is 22.9 Å². The second-order valence-electron chi connectivity index (χ2n) is 4.85. The third-order valence-electron chi connectivity index (χ3n) is 3.38. The van der Waals surface area contributed by atoms with Gasteiger partial charge in [-0.2, -0.15) is 19.6 Å². The molecule has 1 unspecified atom stereocenters. The molecule has 3 aromatic heterocycles. The summed E-state index contributed by atoms with van der Waals surface area (Å²) in [5.74, 6) is 1.36. The minimum absolute atomic E-state index is 0.236. The molecule has 3 heterocycles. The smallest absolute Gasteiger partial charge is 0.255 e. The van der Waals surface area contributed by atoms with Crippen molar-refractivity contribution in [1.82, 2.24) is 19.6 Å². The molecule has 0 fully saturated rings. The fourth-order valence-electron chi connectivity index (χ4n) is 2.30. The number of hydrogen-bond donors (Lipinski definition) is 1. The van der Waals surface area contributed by atoms with E-state index in [9.17, 15) is 0 Å². The summed E-state index contributed by atoms with van der Waals surface area (Å²) >= 11 is 7.96. The van der Waals surface area contributed by atoms with Crippen molar-refractivity contribution in [3.63, 3.8) is 0 Å². The third kappa shape index (κ3) is 2.73. The van der Waals surface area contributed by atoms with E-state index in [-0.39, 0.29) is 6.04 Å². The molecule has 3 rings (SSSR count). The summed E-state index contributed by atoms with van der Waals surface area (Å²) in [6.45, 7) is 4.12. The predicted octanol–water partition coefficient (Wildman–Crippen LogP) is 4.10. The molecule has 0 amide bonds. The highest BCUT2D eigenvalue weighted by Crippen LogP contribution is 2.30. The van der Waals surface area contributed by atoms with Crippen molar-refractivity contribution in [2.24, 2.45) is 0 Å². The molecule has 110 valence electrons. The lowest BCUT2D eigenvalue weighted by molar-refractivity contribution is 0.678. The van der Waals surface area contributed by atoms with Crippen molar-refractivity contribution in [3.8, 4) is 0 Å². The van der Waals surface area contributed by atoms with Gasteiger partial charge >= 0.3 is 0 Å². The lowest BCUT2D eigenvalue weighted by Crippen LogP contribution is -2.14. The zero-order valence-corrected chi connectivity index (χ0v) is 13.4. The van der Waals surface area contributed by atoms with Crippen molar-refractivity contribution in [3.05, 3.63) is 39.4 Å². The van der Waals surface area contributed by atoms with Crippen molar-refractivity contribution in [2.75, 3.05) is 5.32 Å². The van der Waals surface area contributed by atoms with Crippen LogP contribution in [0.1, 0.15) is 36.2 Å². The number of hydrogen-bond acceptors (Lipinski definition) is 5. The van der Waals surface area contributed by atoms with Crippen molar-refractivity contribution >= 4 is 34.5 Å². The normalized spacial score (nSPS) is 12.7. The van der Waals surface area contributed by atoms with E-state index in [1.165, 1.54) is 11.2 Å². The molecule has 5 nitrogen and oxygen atoms in total. The van der Waals surface area contributed by atoms with Crippen molar-refractivity contribution in [2.45, 2.75) is 32.7 Å². The molecule has 0 spiro atoms. The van der Waals surface area contributed by atoms with E-state index in [2.05, 4.69) is 44.8 Å². The van der Waals surface area contributed by atoms with Gasteiger partial charge in [0.25, 0.3) is 5.78 Å². The highest BCUT2D eigenvalue weighted by atomic mass is 35.5. The molecule has 0 aliphatic heterocycles. The maximum Gasteiger partial charge on any atom is 0.255 e. The molecule has 0 aliphatic carbocycles.